The summed E-state index contributed by atoms with van der Waals surface area (Å²) in [5, 5.41) is 0.972. The standard InChI is InChI=1S/C11H15Cl3NO/c1-15(2,3)7-11(14)16-8-4-5-9(12)10(13)6-8/h4-6,11H,7H2,1-3H3/q+1. The molecule has 90 valence electrons. The molecule has 0 saturated carbocycles. The summed E-state index contributed by atoms with van der Waals surface area (Å²) in [6, 6.07) is 5.10. The lowest BCUT2D eigenvalue weighted by atomic mass is 10.3. The molecule has 0 aliphatic heterocycles. The number of nitrogens with zero attached hydrogens (tertiary/aromatic N) is 1. The van der Waals surface area contributed by atoms with Crippen molar-refractivity contribution in [3.63, 3.8) is 0 Å². The largest absolute Gasteiger partial charge is 0.469 e. The van der Waals surface area contributed by atoms with Crippen molar-refractivity contribution in [1.29, 1.82) is 0 Å². The maximum absolute atomic E-state index is 6.08. The van der Waals surface area contributed by atoms with Gasteiger partial charge in [0.1, 0.15) is 12.3 Å². The van der Waals surface area contributed by atoms with Gasteiger partial charge in [0.2, 0.25) is 5.56 Å². The predicted molar refractivity (Wildman–Crippen MR) is 69.6 cm³/mol. The van der Waals surface area contributed by atoms with Crippen molar-refractivity contribution >= 4 is 34.8 Å². The first kappa shape index (κ1) is 13.9. The summed E-state index contributed by atoms with van der Waals surface area (Å²) in [6.07, 6.45) is 0. The van der Waals surface area contributed by atoms with Crippen LogP contribution in [0, 0.1) is 0 Å². The Morgan fingerprint density at radius 1 is 1.19 bits per heavy atom. The third-order valence-corrected chi connectivity index (χ3v) is 2.81. The Morgan fingerprint density at radius 2 is 1.81 bits per heavy atom. The minimum atomic E-state index is -0.391. The summed E-state index contributed by atoms with van der Waals surface area (Å²) >= 11 is 17.7. The highest BCUT2D eigenvalue weighted by Crippen LogP contribution is 2.27. The number of halogens is 3. The lowest BCUT2D eigenvalue weighted by Crippen LogP contribution is -2.41. The van der Waals surface area contributed by atoms with E-state index < -0.39 is 5.56 Å². The average Bonchev–Trinajstić information content (AvgIpc) is 2.08. The lowest BCUT2D eigenvalue weighted by molar-refractivity contribution is -0.871. The van der Waals surface area contributed by atoms with Crippen molar-refractivity contribution in [2.45, 2.75) is 5.56 Å². The van der Waals surface area contributed by atoms with E-state index in [4.69, 9.17) is 39.5 Å². The van der Waals surface area contributed by atoms with Gasteiger partial charge in [0, 0.05) is 6.07 Å². The van der Waals surface area contributed by atoms with Crippen molar-refractivity contribution in [3.8, 4) is 5.75 Å². The minimum Gasteiger partial charge on any atom is -0.469 e. The Balaban J connectivity index is 2.63. The molecular weight excluding hydrogens is 268 g/mol. The molecule has 1 aromatic carbocycles. The highest BCUT2D eigenvalue weighted by Gasteiger charge is 2.17. The smallest absolute Gasteiger partial charge is 0.220 e. The van der Waals surface area contributed by atoms with Crippen LogP contribution in [-0.4, -0.2) is 37.7 Å². The molecule has 0 radical (unpaired) electrons. The normalized spacial score (nSPS) is 13.6. The monoisotopic (exact) mass is 282 g/mol. The second kappa shape index (κ2) is 5.46. The molecule has 1 rings (SSSR count). The van der Waals surface area contributed by atoms with Crippen LogP contribution < -0.4 is 4.74 Å². The van der Waals surface area contributed by atoms with Gasteiger partial charge in [-0.3, -0.25) is 0 Å². The summed E-state index contributed by atoms with van der Waals surface area (Å²) in [5.41, 5.74) is -0.391. The third-order valence-electron chi connectivity index (χ3n) is 1.85. The van der Waals surface area contributed by atoms with Gasteiger partial charge in [0.15, 0.2) is 0 Å². The van der Waals surface area contributed by atoms with Crippen LogP contribution in [0.25, 0.3) is 0 Å². The lowest BCUT2D eigenvalue weighted by Gasteiger charge is -2.26. The number of likely N-dealkylation sites (N-methyl/N-ethyl adjacent to an activating group) is 1. The zero-order valence-electron chi connectivity index (χ0n) is 9.51. The van der Waals surface area contributed by atoms with E-state index in [-0.39, 0.29) is 0 Å². The Bertz CT molecular complexity index is 363. The quantitative estimate of drug-likeness (QED) is 0.605. The van der Waals surface area contributed by atoms with E-state index in [1.807, 2.05) is 21.1 Å². The fourth-order valence-electron chi connectivity index (χ4n) is 1.17. The van der Waals surface area contributed by atoms with Gasteiger partial charge in [-0.25, -0.2) is 0 Å². The van der Waals surface area contributed by atoms with Crippen LogP contribution in [0.1, 0.15) is 0 Å². The van der Waals surface area contributed by atoms with Gasteiger partial charge in [0.05, 0.1) is 31.2 Å². The molecule has 0 aliphatic rings. The fraction of sp³-hybridized carbons (Fsp3) is 0.455. The van der Waals surface area contributed by atoms with Crippen LogP contribution in [0.15, 0.2) is 18.2 Å². The van der Waals surface area contributed by atoms with Gasteiger partial charge in [-0.15, -0.1) is 0 Å². The van der Waals surface area contributed by atoms with Crippen LogP contribution in [0.4, 0.5) is 0 Å². The molecule has 0 N–H and O–H groups in total. The van der Waals surface area contributed by atoms with E-state index in [1.165, 1.54) is 0 Å². The number of ether oxygens (including phenoxy) is 1. The van der Waals surface area contributed by atoms with Crippen LogP contribution in [0.2, 0.25) is 10.0 Å². The molecule has 1 unspecified atom stereocenters. The van der Waals surface area contributed by atoms with Gasteiger partial charge in [0.25, 0.3) is 0 Å². The Kier molecular flexibility index (Phi) is 4.74. The number of hydrogen-bond donors (Lipinski definition) is 0. The second-order valence-electron chi connectivity index (χ2n) is 4.58. The fourth-order valence-corrected chi connectivity index (χ4v) is 1.97. The molecule has 1 atom stereocenters. The van der Waals surface area contributed by atoms with Crippen molar-refractivity contribution in [1.82, 2.24) is 0 Å². The Morgan fingerprint density at radius 3 is 2.31 bits per heavy atom. The number of hydrogen-bond acceptors (Lipinski definition) is 1. The van der Waals surface area contributed by atoms with Crippen molar-refractivity contribution < 1.29 is 9.22 Å². The van der Waals surface area contributed by atoms with Crippen molar-refractivity contribution in [2.24, 2.45) is 0 Å². The molecule has 2 nitrogen and oxygen atoms in total. The third kappa shape index (κ3) is 4.79. The Hall–Kier alpha value is -0.150. The molecule has 0 spiro atoms. The van der Waals surface area contributed by atoms with E-state index in [1.54, 1.807) is 18.2 Å². The zero-order chi connectivity index (χ0) is 12.3. The summed E-state index contributed by atoms with van der Waals surface area (Å²) in [6.45, 7) is 0.696. The van der Waals surface area contributed by atoms with E-state index in [0.29, 0.717) is 22.3 Å². The number of benzene rings is 1. The molecule has 0 saturated heterocycles. The van der Waals surface area contributed by atoms with E-state index in [0.717, 1.165) is 4.48 Å². The number of rotatable bonds is 4. The maximum atomic E-state index is 6.08. The molecule has 0 amide bonds. The first-order valence-electron chi connectivity index (χ1n) is 4.84. The van der Waals surface area contributed by atoms with Gasteiger partial charge >= 0.3 is 0 Å². The van der Waals surface area contributed by atoms with Crippen LogP contribution in [-0.2, 0) is 0 Å². The van der Waals surface area contributed by atoms with Crippen LogP contribution in [0.3, 0.4) is 0 Å². The first-order valence-corrected chi connectivity index (χ1v) is 6.03. The molecule has 5 heteroatoms. The molecule has 0 aromatic heterocycles. The molecule has 1 aromatic rings. The van der Waals surface area contributed by atoms with E-state index in [9.17, 15) is 0 Å². The number of alkyl halides is 1. The van der Waals surface area contributed by atoms with Gasteiger partial charge < -0.3 is 9.22 Å². The van der Waals surface area contributed by atoms with Crippen LogP contribution >= 0.6 is 34.8 Å². The van der Waals surface area contributed by atoms with E-state index in [2.05, 4.69) is 0 Å². The van der Waals surface area contributed by atoms with Gasteiger partial charge in [-0.1, -0.05) is 34.8 Å². The second-order valence-corrected chi connectivity index (χ2v) is 5.88. The molecule has 0 fully saturated rings. The zero-order valence-corrected chi connectivity index (χ0v) is 11.8. The molecule has 0 heterocycles. The summed E-state index contributed by atoms with van der Waals surface area (Å²) < 4.78 is 6.26. The Labute approximate surface area is 111 Å². The predicted octanol–water partition coefficient (Wildman–Crippen LogP) is 3.64. The van der Waals surface area contributed by atoms with Crippen molar-refractivity contribution in [3.05, 3.63) is 28.2 Å². The highest BCUT2D eigenvalue weighted by atomic mass is 35.5. The number of quaternary nitrogens is 1. The molecular formula is C11H15Cl3NO+. The molecule has 0 aliphatic carbocycles. The highest BCUT2D eigenvalue weighted by molar-refractivity contribution is 6.42. The van der Waals surface area contributed by atoms with Gasteiger partial charge in [-0.2, -0.15) is 0 Å². The molecule has 16 heavy (non-hydrogen) atoms. The maximum Gasteiger partial charge on any atom is 0.220 e. The average molecular weight is 284 g/mol. The first-order chi connectivity index (χ1) is 7.28. The van der Waals surface area contributed by atoms with Crippen LogP contribution in [0.5, 0.6) is 5.75 Å². The van der Waals surface area contributed by atoms with E-state index >= 15 is 0 Å². The van der Waals surface area contributed by atoms with Crippen molar-refractivity contribution in [2.75, 3.05) is 27.7 Å². The SMILES string of the molecule is C[N+](C)(C)CC(Cl)Oc1ccc(Cl)c(Cl)c1. The topological polar surface area (TPSA) is 9.23 Å². The minimum absolute atomic E-state index is 0.391. The summed E-state index contributed by atoms with van der Waals surface area (Å²) in [5.74, 6) is 0.628. The summed E-state index contributed by atoms with van der Waals surface area (Å²) in [7, 11) is 6.15. The summed E-state index contributed by atoms with van der Waals surface area (Å²) in [4.78, 5) is 0. The molecule has 0 bridgehead atoms. The van der Waals surface area contributed by atoms with Gasteiger partial charge in [-0.05, 0) is 12.1 Å².